The van der Waals surface area contributed by atoms with Crippen LogP contribution < -0.4 is 5.32 Å². The lowest BCUT2D eigenvalue weighted by Gasteiger charge is -2.25. The number of benzene rings is 1. The highest BCUT2D eigenvalue weighted by molar-refractivity contribution is 6.31. The highest BCUT2D eigenvalue weighted by Gasteiger charge is 2.23. The van der Waals surface area contributed by atoms with Crippen molar-refractivity contribution in [1.82, 2.24) is 29.7 Å². The Hall–Kier alpha value is -3.27. The molecule has 4 rings (SSSR count). The number of morpholine rings is 1. The topological polar surface area (TPSA) is 92.1 Å². The van der Waals surface area contributed by atoms with Crippen LogP contribution in [0.15, 0.2) is 43.5 Å². The molecule has 1 saturated heterocycles. The van der Waals surface area contributed by atoms with Crippen LogP contribution in [0.3, 0.4) is 0 Å². The molecule has 0 saturated carbocycles. The van der Waals surface area contributed by atoms with E-state index in [1.165, 1.54) is 24.4 Å². The molecule has 1 N–H and O–H groups in total. The number of nitrogens with one attached hydrogen (secondary N) is 1. The number of urea groups is 1. The van der Waals surface area contributed by atoms with Crippen LogP contribution in [0.5, 0.6) is 0 Å². The van der Waals surface area contributed by atoms with Crippen molar-refractivity contribution in [1.29, 1.82) is 0 Å². The monoisotopic (exact) mass is 496 g/mol. The van der Waals surface area contributed by atoms with E-state index in [-0.39, 0.29) is 18.6 Å². The van der Waals surface area contributed by atoms with Crippen molar-refractivity contribution in [3.63, 3.8) is 0 Å². The van der Waals surface area contributed by atoms with Crippen molar-refractivity contribution in [3.8, 4) is 11.3 Å². The van der Waals surface area contributed by atoms with Crippen molar-refractivity contribution >= 4 is 29.1 Å². The maximum atomic E-state index is 12.6. The Morgan fingerprint density at radius 1 is 1.37 bits per heavy atom. The Morgan fingerprint density at radius 2 is 2.17 bits per heavy atom. The van der Waals surface area contributed by atoms with Crippen molar-refractivity contribution in [3.05, 3.63) is 65.2 Å². The number of rotatable bonds is 6. The number of halogens is 1. The number of carbonyl (C=O) groups is 2. The molecule has 1 aliphatic rings. The minimum atomic E-state index is -0.456. The average Bonchev–Trinajstić information content (AvgIpc) is 3.26. The number of carbonyl (C=O) groups excluding carboxylic acids is 2. The molecule has 1 fully saturated rings. The maximum absolute atomic E-state index is 12.6. The molecular formula is C25H29ClN6O3. The molecule has 1 unspecified atom stereocenters. The van der Waals surface area contributed by atoms with E-state index in [1.54, 1.807) is 17.8 Å². The molecule has 10 heteroatoms. The van der Waals surface area contributed by atoms with Crippen LogP contribution in [0.25, 0.3) is 16.8 Å². The van der Waals surface area contributed by atoms with E-state index in [1.807, 2.05) is 25.1 Å². The normalized spacial score (nSPS) is 15.7. The highest BCUT2D eigenvalue weighted by atomic mass is 35.5. The van der Waals surface area contributed by atoms with Gasteiger partial charge in [-0.3, -0.25) is 9.69 Å². The van der Waals surface area contributed by atoms with E-state index in [9.17, 15) is 9.59 Å². The van der Waals surface area contributed by atoms with Gasteiger partial charge in [0.05, 0.1) is 30.5 Å². The summed E-state index contributed by atoms with van der Waals surface area (Å²) < 4.78 is 7.66. The lowest BCUT2D eigenvalue weighted by atomic mass is 9.94. The second kappa shape index (κ2) is 10.6. The van der Waals surface area contributed by atoms with Crippen LogP contribution in [0.2, 0.25) is 5.02 Å². The Bertz CT molecular complexity index is 1270. The molecule has 3 aromatic rings. The molecular weight excluding hydrogens is 468 g/mol. The van der Waals surface area contributed by atoms with Gasteiger partial charge in [0.15, 0.2) is 0 Å². The third-order valence-corrected chi connectivity index (χ3v) is 6.34. The molecule has 0 aliphatic carbocycles. The van der Waals surface area contributed by atoms with Crippen molar-refractivity contribution in [2.24, 2.45) is 0 Å². The van der Waals surface area contributed by atoms with Gasteiger partial charge in [-0.15, -0.1) is 0 Å². The number of hydrogen-bond donors (Lipinski definition) is 1. The molecule has 1 aromatic carbocycles. The molecule has 2 aromatic heterocycles. The Balaban J connectivity index is 1.74. The van der Waals surface area contributed by atoms with Crippen molar-refractivity contribution in [2.45, 2.75) is 32.9 Å². The van der Waals surface area contributed by atoms with Gasteiger partial charge in [-0.1, -0.05) is 18.2 Å². The van der Waals surface area contributed by atoms with Crippen LogP contribution in [0, 0.1) is 6.92 Å². The van der Waals surface area contributed by atoms with Crippen molar-refractivity contribution < 1.29 is 14.3 Å². The van der Waals surface area contributed by atoms with Gasteiger partial charge < -0.3 is 15.0 Å². The number of hydrogen-bond acceptors (Lipinski definition) is 6. The molecule has 9 nitrogen and oxygen atoms in total. The summed E-state index contributed by atoms with van der Waals surface area (Å²) in [4.78, 5) is 31.9. The van der Waals surface area contributed by atoms with Gasteiger partial charge in [0.1, 0.15) is 6.33 Å². The van der Waals surface area contributed by atoms with Crippen LogP contribution in [-0.2, 0) is 22.5 Å². The molecule has 0 bridgehead atoms. The first-order valence-corrected chi connectivity index (χ1v) is 11.8. The third kappa shape index (κ3) is 5.37. The zero-order valence-electron chi connectivity index (χ0n) is 20.1. The number of fused-ring (bicyclic) bond motifs is 1. The zero-order valence-corrected chi connectivity index (χ0v) is 20.9. The summed E-state index contributed by atoms with van der Waals surface area (Å²) in [5, 5.41) is 8.34. The first kappa shape index (κ1) is 24.8. The Morgan fingerprint density at radius 3 is 2.86 bits per heavy atom. The number of aryl methyl sites for hydroxylation is 1. The van der Waals surface area contributed by atoms with Crippen LogP contribution in [-0.4, -0.2) is 69.2 Å². The Kier molecular flexibility index (Phi) is 7.49. The van der Waals surface area contributed by atoms with Crippen molar-refractivity contribution in [2.75, 3.05) is 26.7 Å². The standard InChI is InChI=1S/C25H29ClN6O3/c1-5-30(4)25(34)31(17(3)33)13-18-9-23-24(28-15-29-32(23)14-18)22-10-19(26)8-16(2)21(22)11-20-12-27-6-7-35-20/h5,8-10,14-15,20,27H,1,6-7,11-13H2,2-4H3. The fraction of sp³-hybridized carbons (Fsp3) is 0.360. The van der Waals surface area contributed by atoms with Gasteiger partial charge in [-0.25, -0.2) is 14.3 Å². The van der Waals surface area contributed by atoms with Gasteiger partial charge in [-0.2, -0.15) is 5.10 Å². The number of amides is 3. The SMILES string of the molecule is C=CN(C)C(=O)N(Cc1cc2c(-c3cc(Cl)cc(C)c3CC3CNCCO3)ncnn2c1)C(C)=O. The number of imide groups is 1. The largest absolute Gasteiger partial charge is 0.375 e. The lowest BCUT2D eigenvalue weighted by molar-refractivity contribution is -0.126. The quantitative estimate of drug-likeness (QED) is 0.562. The molecule has 0 radical (unpaired) electrons. The summed E-state index contributed by atoms with van der Waals surface area (Å²) in [5.41, 5.74) is 5.30. The fourth-order valence-electron chi connectivity index (χ4n) is 4.28. The predicted octanol–water partition coefficient (Wildman–Crippen LogP) is 3.43. The number of aromatic nitrogens is 3. The summed E-state index contributed by atoms with van der Waals surface area (Å²) in [6.45, 7) is 9.40. The first-order valence-electron chi connectivity index (χ1n) is 11.4. The van der Waals surface area contributed by atoms with E-state index in [0.717, 1.165) is 57.9 Å². The summed E-state index contributed by atoms with van der Waals surface area (Å²) in [6, 6.07) is 5.30. The fourth-order valence-corrected chi connectivity index (χ4v) is 4.55. The molecule has 3 amide bonds. The van der Waals surface area contributed by atoms with E-state index < -0.39 is 6.03 Å². The molecule has 1 aliphatic heterocycles. The minimum Gasteiger partial charge on any atom is -0.375 e. The van der Waals surface area contributed by atoms with Gasteiger partial charge in [0, 0.05) is 56.5 Å². The maximum Gasteiger partial charge on any atom is 0.330 e. The number of nitrogens with zero attached hydrogens (tertiary/aromatic N) is 5. The smallest absolute Gasteiger partial charge is 0.330 e. The summed E-state index contributed by atoms with van der Waals surface area (Å²) in [5.74, 6) is -0.362. The summed E-state index contributed by atoms with van der Waals surface area (Å²) in [7, 11) is 1.56. The number of ether oxygens (including phenoxy) is 1. The Labute approximate surface area is 209 Å². The molecule has 1 atom stereocenters. The van der Waals surface area contributed by atoms with Crippen LogP contribution in [0.4, 0.5) is 4.79 Å². The lowest BCUT2D eigenvalue weighted by Crippen LogP contribution is -2.41. The second-order valence-corrected chi connectivity index (χ2v) is 9.05. The van der Waals surface area contributed by atoms with Gasteiger partial charge >= 0.3 is 6.03 Å². The predicted molar refractivity (Wildman–Crippen MR) is 134 cm³/mol. The van der Waals surface area contributed by atoms with E-state index in [2.05, 4.69) is 22.0 Å². The molecule has 0 spiro atoms. The molecule has 184 valence electrons. The average molecular weight is 497 g/mol. The minimum absolute atomic E-state index is 0.0552. The molecule has 3 heterocycles. The van der Waals surface area contributed by atoms with E-state index >= 15 is 0 Å². The van der Waals surface area contributed by atoms with Gasteiger partial charge in [0.2, 0.25) is 5.91 Å². The zero-order chi connectivity index (χ0) is 25.1. The van der Waals surface area contributed by atoms with E-state index in [4.69, 9.17) is 16.3 Å². The van der Waals surface area contributed by atoms with Crippen LogP contribution >= 0.6 is 11.6 Å². The summed E-state index contributed by atoms with van der Waals surface area (Å²) >= 11 is 6.46. The summed E-state index contributed by atoms with van der Waals surface area (Å²) in [6.07, 6.45) is 5.43. The van der Waals surface area contributed by atoms with Crippen LogP contribution in [0.1, 0.15) is 23.6 Å². The van der Waals surface area contributed by atoms with Gasteiger partial charge in [0.25, 0.3) is 0 Å². The van der Waals surface area contributed by atoms with E-state index in [0.29, 0.717) is 11.6 Å². The highest BCUT2D eigenvalue weighted by Crippen LogP contribution is 2.33. The van der Waals surface area contributed by atoms with Gasteiger partial charge in [-0.05, 0) is 41.8 Å². The molecule has 35 heavy (non-hydrogen) atoms. The second-order valence-electron chi connectivity index (χ2n) is 8.62. The first-order chi connectivity index (χ1) is 16.8. The third-order valence-electron chi connectivity index (χ3n) is 6.12.